The maximum absolute atomic E-state index is 6.68. The zero-order valence-electron chi connectivity index (χ0n) is 30.2. The summed E-state index contributed by atoms with van der Waals surface area (Å²) in [7, 11) is 2.07. The molecule has 0 unspecified atom stereocenters. The van der Waals surface area contributed by atoms with Gasteiger partial charge in [0.25, 0.3) is 0 Å². The number of aryl methyl sites for hydroxylation is 1. The molecule has 5 nitrogen and oxygen atoms in total. The SMILES string of the molecule is Cn1[cH+]n(-c2[c-]c(Oc3[c-]c4c(cc3)c3ccc(C(C)(C)C)cc3n4-c3cc(C(C)(C)C)ccn3)cc(C(C)(C)C)c2)c2ccccc21.[Pt]. The summed E-state index contributed by atoms with van der Waals surface area (Å²) in [5.74, 6) is 2.16. The van der Waals surface area contributed by atoms with Gasteiger partial charge in [-0.15, -0.1) is 29.1 Å². The van der Waals surface area contributed by atoms with Crippen LogP contribution >= 0.6 is 0 Å². The van der Waals surface area contributed by atoms with Crippen LogP contribution in [-0.4, -0.2) is 18.7 Å². The molecule has 7 aromatic rings. The maximum Gasteiger partial charge on any atom is 0.188 e. The van der Waals surface area contributed by atoms with E-state index >= 15 is 0 Å². The minimum atomic E-state index is -0.0955. The van der Waals surface area contributed by atoms with Crippen LogP contribution in [0.1, 0.15) is 79.0 Å². The molecule has 6 heteroatoms. The van der Waals surface area contributed by atoms with Crippen molar-refractivity contribution in [2.24, 2.45) is 7.05 Å². The molecule has 254 valence electrons. The predicted octanol–water partition coefficient (Wildman–Crippen LogP) is 11.0. The smallest absolute Gasteiger partial charge is 0.188 e. The normalized spacial score (nSPS) is 12.5. The van der Waals surface area contributed by atoms with Gasteiger partial charge in [-0.2, -0.15) is 6.07 Å². The van der Waals surface area contributed by atoms with Crippen LogP contribution in [0, 0.1) is 12.1 Å². The van der Waals surface area contributed by atoms with Crippen molar-refractivity contribution in [1.82, 2.24) is 18.7 Å². The van der Waals surface area contributed by atoms with Gasteiger partial charge in [-0.1, -0.05) is 92.1 Å². The van der Waals surface area contributed by atoms with E-state index in [1.54, 1.807) is 0 Å². The van der Waals surface area contributed by atoms with Crippen molar-refractivity contribution in [2.75, 3.05) is 0 Å². The van der Waals surface area contributed by atoms with E-state index in [1.807, 2.05) is 12.3 Å². The first-order valence-electron chi connectivity index (χ1n) is 16.8. The summed E-state index contributed by atoms with van der Waals surface area (Å²) < 4.78 is 13.2. The molecule has 0 aliphatic rings. The Bertz CT molecular complexity index is 2340. The monoisotopic (exact) mass is 828 g/mol. The van der Waals surface area contributed by atoms with Gasteiger partial charge in [0.05, 0.1) is 0 Å². The maximum atomic E-state index is 6.68. The number of nitrogens with zero attached hydrogens (tertiary/aromatic N) is 4. The van der Waals surface area contributed by atoms with Gasteiger partial charge in [0.2, 0.25) is 0 Å². The average molecular weight is 829 g/mol. The number of imidazole rings is 1. The van der Waals surface area contributed by atoms with E-state index < -0.39 is 0 Å². The summed E-state index contributed by atoms with van der Waals surface area (Å²) in [6, 6.07) is 35.3. The molecule has 0 saturated carbocycles. The standard InChI is InChI=1S/C43H45N4O.Pt/c1-41(2,3)28-15-17-34-35-18-16-32(26-39(35)47(38(34)23-28)40-24-29(19-20-44-40)42(4,5)6)48-33-22-30(43(7,8)9)21-31(25-33)46-27-45(10)36-13-11-12-14-37(36)46;/h11-24,27H,1-10H3;/q-1;. The van der Waals surface area contributed by atoms with Crippen LogP contribution in [0.3, 0.4) is 0 Å². The van der Waals surface area contributed by atoms with E-state index in [0.29, 0.717) is 11.5 Å². The zero-order valence-corrected chi connectivity index (χ0v) is 32.4. The molecule has 3 heterocycles. The van der Waals surface area contributed by atoms with E-state index in [4.69, 9.17) is 9.72 Å². The Labute approximate surface area is 304 Å². The van der Waals surface area contributed by atoms with E-state index in [0.717, 1.165) is 39.0 Å². The fourth-order valence-electron chi connectivity index (χ4n) is 6.41. The second kappa shape index (κ2) is 12.3. The van der Waals surface area contributed by atoms with Crippen LogP contribution in [0.25, 0.3) is 44.3 Å². The van der Waals surface area contributed by atoms with Crippen molar-refractivity contribution in [1.29, 1.82) is 0 Å². The summed E-state index contributed by atoms with van der Waals surface area (Å²) >= 11 is 0. The fourth-order valence-corrected chi connectivity index (χ4v) is 6.41. The van der Waals surface area contributed by atoms with Crippen LogP contribution in [0.2, 0.25) is 0 Å². The Morgan fingerprint density at radius 1 is 0.633 bits per heavy atom. The molecule has 0 spiro atoms. The number of para-hydroxylation sites is 2. The molecule has 0 atom stereocenters. The number of fused-ring (bicyclic) bond motifs is 4. The molecule has 0 radical (unpaired) electrons. The Morgan fingerprint density at radius 2 is 1.29 bits per heavy atom. The minimum absolute atomic E-state index is 0. The summed E-state index contributed by atoms with van der Waals surface area (Å²) in [5.41, 5.74) is 8.81. The van der Waals surface area contributed by atoms with Crippen LogP contribution in [0.15, 0.2) is 91.4 Å². The molecule has 0 aliphatic heterocycles. The van der Waals surface area contributed by atoms with Gasteiger partial charge in [-0.25, -0.2) is 14.1 Å². The van der Waals surface area contributed by atoms with Crippen molar-refractivity contribution >= 4 is 32.8 Å². The van der Waals surface area contributed by atoms with Gasteiger partial charge >= 0.3 is 0 Å². The fraction of sp³-hybridized carbons (Fsp3) is 0.302. The van der Waals surface area contributed by atoms with Gasteiger partial charge in [-0.05, 0) is 63.1 Å². The first-order chi connectivity index (χ1) is 22.6. The largest absolute Gasteiger partial charge is 0.508 e. The quantitative estimate of drug-likeness (QED) is 0.166. The second-order valence-electron chi connectivity index (χ2n) is 16.1. The van der Waals surface area contributed by atoms with Gasteiger partial charge in [-0.3, -0.25) is 0 Å². The first kappa shape index (κ1) is 34.6. The molecule has 0 amide bonds. The van der Waals surface area contributed by atoms with Crippen molar-refractivity contribution < 1.29 is 25.8 Å². The van der Waals surface area contributed by atoms with Crippen molar-refractivity contribution in [2.45, 2.75) is 78.6 Å². The molecule has 0 bridgehead atoms. The summed E-state index contributed by atoms with van der Waals surface area (Å²) in [6.07, 6.45) is 4.02. The molecule has 4 aromatic carbocycles. The Balaban J connectivity index is 0.00000417. The van der Waals surface area contributed by atoms with Gasteiger partial charge in [0, 0.05) is 69.1 Å². The third-order valence-corrected chi connectivity index (χ3v) is 9.34. The topological polar surface area (TPSA) is 36.9 Å². The third kappa shape index (κ3) is 6.46. The summed E-state index contributed by atoms with van der Waals surface area (Å²) in [4.78, 5) is 4.90. The molecule has 0 N–H and O–H groups in total. The van der Waals surface area contributed by atoms with Gasteiger partial charge in [0.1, 0.15) is 5.82 Å². The number of rotatable bonds is 4. The number of pyridine rings is 1. The number of aromatic nitrogens is 4. The minimum Gasteiger partial charge on any atom is -0.508 e. The molecule has 0 fully saturated rings. The number of benzene rings is 4. The van der Waals surface area contributed by atoms with E-state index in [-0.39, 0.29) is 37.3 Å². The van der Waals surface area contributed by atoms with Gasteiger partial charge < -0.3 is 9.30 Å². The zero-order chi connectivity index (χ0) is 34.2. The third-order valence-electron chi connectivity index (χ3n) is 9.34. The van der Waals surface area contributed by atoms with E-state index in [9.17, 15) is 0 Å². The molecule has 3 aromatic heterocycles. The summed E-state index contributed by atoms with van der Waals surface area (Å²) in [5, 5.41) is 2.28. The molecular formula is C43H45N4OPt-. The molecule has 49 heavy (non-hydrogen) atoms. The Kier molecular flexibility index (Phi) is 8.68. The van der Waals surface area contributed by atoms with Crippen LogP contribution < -0.4 is 4.74 Å². The second-order valence-corrected chi connectivity index (χ2v) is 16.1. The predicted molar refractivity (Wildman–Crippen MR) is 199 cm³/mol. The number of hydrogen-bond acceptors (Lipinski definition) is 2. The Morgan fingerprint density at radius 3 is 1.98 bits per heavy atom. The van der Waals surface area contributed by atoms with Crippen molar-refractivity contribution in [3.63, 3.8) is 0 Å². The number of ether oxygens (including phenoxy) is 1. The summed E-state index contributed by atoms with van der Waals surface area (Å²) in [6.45, 7) is 20.2. The van der Waals surface area contributed by atoms with Crippen LogP contribution in [0.5, 0.6) is 11.5 Å². The molecule has 0 saturated heterocycles. The van der Waals surface area contributed by atoms with Crippen molar-refractivity contribution in [3.05, 3.63) is 120 Å². The van der Waals surface area contributed by atoms with E-state index in [2.05, 4.69) is 174 Å². The van der Waals surface area contributed by atoms with E-state index in [1.165, 1.54) is 22.1 Å². The molecule has 0 aliphatic carbocycles. The van der Waals surface area contributed by atoms with Crippen molar-refractivity contribution in [3.8, 4) is 23.0 Å². The Hall–Kier alpha value is -4.21. The first-order valence-corrected chi connectivity index (χ1v) is 16.8. The van der Waals surface area contributed by atoms with Crippen LogP contribution in [0.4, 0.5) is 0 Å². The van der Waals surface area contributed by atoms with Crippen LogP contribution in [-0.2, 0) is 44.4 Å². The average Bonchev–Trinajstić information content (AvgIpc) is 3.53. The molecular weight excluding hydrogens is 784 g/mol. The molecule has 7 rings (SSSR count). The van der Waals surface area contributed by atoms with Gasteiger partial charge in [0.15, 0.2) is 17.4 Å². The number of hydrogen-bond donors (Lipinski definition) is 0.